The molecule has 1 amide bonds. The summed E-state index contributed by atoms with van der Waals surface area (Å²) >= 11 is 0. The molecular formula is C19H23ClN2O5. The molecule has 1 unspecified atom stereocenters. The van der Waals surface area contributed by atoms with Gasteiger partial charge in [0.15, 0.2) is 12.4 Å². The third-order valence-corrected chi connectivity index (χ3v) is 4.23. The summed E-state index contributed by atoms with van der Waals surface area (Å²) in [4.78, 5) is 11.4. The van der Waals surface area contributed by atoms with Gasteiger partial charge >= 0.3 is 0 Å². The largest absolute Gasteiger partial charge is 0.508 e. The number of amides is 1. The monoisotopic (exact) mass is 394 g/mol. The van der Waals surface area contributed by atoms with Gasteiger partial charge in [-0.05, 0) is 49.2 Å². The lowest BCUT2D eigenvalue weighted by Gasteiger charge is -2.23. The number of phenolic OH excluding ortho intramolecular Hbond substituents is 2. The van der Waals surface area contributed by atoms with E-state index in [4.69, 9.17) is 4.74 Å². The number of aromatic hydroxyl groups is 2. The van der Waals surface area contributed by atoms with Crippen molar-refractivity contribution in [3.05, 3.63) is 47.5 Å². The predicted octanol–water partition coefficient (Wildman–Crippen LogP) is 2.11. The second-order valence-corrected chi connectivity index (χ2v) is 6.20. The van der Waals surface area contributed by atoms with E-state index in [0.29, 0.717) is 17.9 Å². The summed E-state index contributed by atoms with van der Waals surface area (Å²) in [5.74, 6) is 0.131. The second kappa shape index (κ2) is 9.45. The summed E-state index contributed by atoms with van der Waals surface area (Å²) in [6, 6.07) is 10.1. The van der Waals surface area contributed by atoms with Crippen LogP contribution in [0.5, 0.6) is 17.2 Å². The number of fused-ring (bicyclic) bond motifs is 1. The van der Waals surface area contributed by atoms with Crippen LogP contribution in [0.2, 0.25) is 0 Å². The Bertz CT molecular complexity index is 782. The summed E-state index contributed by atoms with van der Waals surface area (Å²) in [7, 11) is 0. The third kappa shape index (κ3) is 5.26. The topological polar surface area (TPSA) is 111 Å². The van der Waals surface area contributed by atoms with Crippen molar-refractivity contribution in [2.24, 2.45) is 0 Å². The molecule has 1 aliphatic heterocycles. The van der Waals surface area contributed by atoms with Crippen molar-refractivity contribution < 1.29 is 24.9 Å². The van der Waals surface area contributed by atoms with Crippen molar-refractivity contribution >= 4 is 24.0 Å². The molecule has 0 aromatic heterocycles. The Morgan fingerprint density at radius 1 is 1.15 bits per heavy atom. The van der Waals surface area contributed by atoms with Gasteiger partial charge in [0.1, 0.15) is 17.2 Å². The van der Waals surface area contributed by atoms with Crippen molar-refractivity contribution in [3.8, 4) is 17.2 Å². The van der Waals surface area contributed by atoms with E-state index >= 15 is 0 Å². The highest BCUT2D eigenvalue weighted by Crippen LogP contribution is 2.41. The number of anilines is 1. The number of aliphatic hydroxyl groups excluding tert-OH is 1. The number of aliphatic hydroxyl groups is 1. The van der Waals surface area contributed by atoms with Gasteiger partial charge in [-0.25, -0.2) is 0 Å². The smallest absolute Gasteiger partial charge is 0.262 e. The molecule has 1 aliphatic rings. The highest BCUT2D eigenvalue weighted by Gasteiger charge is 2.25. The lowest BCUT2D eigenvalue weighted by molar-refractivity contribution is -0.118. The van der Waals surface area contributed by atoms with Gasteiger partial charge < -0.3 is 30.7 Å². The number of hydrogen-bond acceptors (Lipinski definition) is 6. The maximum Gasteiger partial charge on any atom is 0.262 e. The lowest BCUT2D eigenvalue weighted by Crippen LogP contribution is -2.28. The summed E-state index contributed by atoms with van der Waals surface area (Å²) < 4.78 is 5.38. The molecule has 3 rings (SSSR count). The van der Waals surface area contributed by atoms with Crippen LogP contribution in [0, 0.1) is 0 Å². The summed E-state index contributed by atoms with van der Waals surface area (Å²) in [6.45, 7) is 0.899. The normalized spacial score (nSPS) is 13.7. The maximum absolute atomic E-state index is 11.4. The number of ether oxygens (including phenoxy) is 1. The molecule has 0 radical (unpaired) electrons. The second-order valence-electron chi connectivity index (χ2n) is 6.20. The van der Waals surface area contributed by atoms with Crippen LogP contribution in [0.1, 0.15) is 23.7 Å². The average Bonchev–Trinajstić information content (AvgIpc) is 2.63. The van der Waals surface area contributed by atoms with E-state index in [9.17, 15) is 20.1 Å². The quantitative estimate of drug-likeness (QED) is 0.363. The summed E-state index contributed by atoms with van der Waals surface area (Å²) in [5, 5.41) is 35.3. The van der Waals surface area contributed by atoms with E-state index in [-0.39, 0.29) is 42.1 Å². The Kier molecular flexibility index (Phi) is 7.29. The molecule has 1 atom stereocenters. The van der Waals surface area contributed by atoms with Gasteiger partial charge in [0.05, 0.1) is 6.10 Å². The fraction of sp³-hybridized carbons (Fsp3) is 0.316. The minimum Gasteiger partial charge on any atom is -0.508 e. The first-order chi connectivity index (χ1) is 12.5. The van der Waals surface area contributed by atoms with Crippen LogP contribution in [0.4, 0.5) is 5.69 Å². The number of hydrogen-bond donors (Lipinski definition) is 5. The molecule has 1 heterocycles. The molecule has 8 heteroatoms. The van der Waals surface area contributed by atoms with Gasteiger partial charge in [0, 0.05) is 12.1 Å². The number of benzene rings is 2. The molecule has 0 saturated heterocycles. The third-order valence-electron chi connectivity index (χ3n) is 4.23. The van der Waals surface area contributed by atoms with Gasteiger partial charge in [-0.1, -0.05) is 12.1 Å². The van der Waals surface area contributed by atoms with Crippen molar-refractivity contribution in [3.63, 3.8) is 0 Å². The highest BCUT2D eigenvalue weighted by atomic mass is 35.5. The Morgan fingerprint density at radius 2 is 1.89 bits per heavy atom. The first kappa shape index (κ1) is 20.8. The molecular weight excluding hydrogens is 372 g/mol. The lowest BCUT2D eigenvalue weighted by atomic mass is 10.0. The predicted molar refractivity (Wildman–Crippen MR) is 104 cm³/mol. The molecule has 146 valence electrons. The zero-order chi connectivity index (χ0) is 18.5. The molecule has 2 aromatic carbocycles. The molecule has 7 nitrogen and oxygen atoms in total. The molecule has 27 heavy (non-hydrogen) atoms. The fourth-order valence-corrected chi connectivity index (χ4v) is 2.87. The van der Waals surface area contributed by atoms with Crippen molar-refractivity contribution in [1.29, 1.82) is 0 Å². The van der Waals surface area contributed by atoms with Crippen molar-refractivity contribution in [1.82, 2.24) is 5.32 Å². The van der Waals surface area contributed by atoms with Crippen molar-refractivity contribution in [2.45, 2.75) is 18.9 Å². The number of carbonyl (C=O) groups is 1. The van der Waals surface area contributed by atoms with E-state index < -0.39 is 6.10 Å². The molecule has 0 aliphatic carbocycles. The van der Waals surface area contributed by atoms with Crippen LogP contribution in [0.3, 0.4) is 0 Å². The van der Waals surface area contributed by atoms with Gasteiger partial charge in [0.25, 0.3) is 5.91 Å². The van der Waals surface area contributed by atoms with Gasteiger partial charge in [-0.15, -0.1) is 12.4 Å². The fourth-order valence-electron chi connectivity index (χ4n) is 2.87. The first-order valence-electron chi connectivity index (χ1n) is 8.50. The number of phenols is 2. The van der Waals surface area contributed by atoms with Gasteiger partial charge in [-0.2, -0.15) is 0 Å². The number of carbonyl (C=O) groups excluding carboxylic acids is 1. The molecule has 0 bridgehead atoms. The van der Waals surface area contributed by atoms with Gasteiger partial charge in [0.2, 0.25) is 0 Å². The molecule has 0 spiro atoms. The van der Waals surface area contributed by atoms with E-state index in [1.165, 1.54) is 6.07 Å². The number of rotatable bonds is 7. The highest BCUT2D eigenvalue weighted by molar-refractivity contribution is 5.97. The van der Waals surface area contributed by atoms with Crippen LogP contribution < -0.4 is 15.4 Å². The van der Waals surface area contributed by atoms with E-state index in [2.05, 4.69) is 10.6 Å². The van der Waals surface area contributed by atoms with Gasteiger partial charge in [-0.3, -0.25) is 4.79 Å². The minimum atomic E-state index is -0.826. The Balaban J connectivity index is 0.00000261. The number of halogens is 1. The van der Waals surface area contributed by atoms with Crippen LogP contribution in [0.15, 0.2) is 36.4 Å². The van der Waals surface area contributed by atoms with Crippen LogP contribution in [0.25, 0.3) is 0 Å². The SMILES string of the molecule is Cl.O=C1COc2c(C(O)CNCCCc3ccc(O)cc3)ccc(O)c2N1. The van der Waals surface area contributed by atoms with Crippen molar-refractivity contribution in [2.75, 3.05) is 25.0 Å². The zero-order valence-electron chi connectivity index (χ0n) is 14.6. The van der Waals surface area contributed by atoms with Crippen LogP contribution in [-0.2, 0) is 11.2 Å². The zero-order valence-corrected chi connectivity index (χ0v) is 15.5. The van der Waals surface area contributed by atoms with E-state index in [0.717, 1.165) is 24.9 Å². The minimum absolute atomic E-state index is 0. The Morgan fingerprint density at radius 3 is 2.63 bits per heavy atom. The number of aryl methyl sites for hydroxylation is 1. The summed E-state index contributed by atoms with van der Waals surface area (Å²) in [5.41, 5.74) is 1.86. The van der Waals surface area contributed by atoms with E-state index in [1.807, 2.05) is 12.1 Å². The Hall–Kier alpha value is -2.48. The first-order valence-corrected chi connectivity index (χ1v) is 8.50. The van der Waals surface area contributed by atoms with Crippen LogP contribution >= 0.6 is 12.4 Å². The molecule has 2 aromatic rings. The standard InChI is InChI=1S/C19H22N2O5.ClH/c22-13-5-3-12(4-6-13)2-1-9-20-10-16(24)14-7-8-15(23)18-19(14)26-11-17(25)21-18;/h3-8,16,20,22-24H,1-2,9-11H2,(H,21,25);1H. The molecule has 5 N–H and O–H groups in total. The molecule has 0 fully saturated rings. The Labute approximate surface area is 163 Å². The van der Waals surface area contributed by atoms with E-state index in [1.54, 1.807) is 18.2 Å². The molecule has 0 saturated carbocycles. The number of nitrogens with one attached hydrogen (secondary N) is 2. The maximum atomic E-state index is 11.4. The average molecular weight is 395 g/mol. The summed E-state index contributed by atoms with van der Waals surface area (Å²) in [6.07, 6.45) is 0.929. The van der Waals surface area contributed by atoms with Crippen LogP contribution in [-0.4, -0.2) is 40.9 Å².